The topological polar surface area (TPSA) is 49.7 Å². The number of methoxy groups -OCH3 is 1. The minimum atomic E-state index is -0.424. The maximum absolute atomic E-state index is 13.6. The molecule has 1 aromatic rings. The number of hydrogen-bond acceptors (Lipinski definition) is 3. The smallest absolute Gasteiger partial charge is 0.168 e. The molecule has 0 fully saturated rings. The second-order valence-electron chi connectivity index (χ2n) is 3.37. The highest BCUT2D eigenvalue weighted by Crippen LogP contribution is 2.22. The van der Waals surface area contributed by atoms with Crippen molar-refractivity contribution in [1.29, 1.82) is 0 Å². The molecule has 0 radical (unpaired) electrons. The molecule has 0 amide bonds. The van der Waals surface area contributed by atoms with Gasteiger partial charge in [-0.05, 0) is 18.1 Å². The van der Waals surface area contributed by atoms with Crippen LogP contribution in [0.1, 0.15) is 5.56 Å². The molecule has 0 heterocycles. The predicted octanol–water partition coefficient (Wildman–Crippen LogP) is 0.978. The first-order chi connectivity index (χ1) is 7.22. The quantitative estimate of drug-likeness (QED) is 0.768. The van der Waals surface area contributed by atoms with Crippen LogP contribution in [0.5, 0.6) is 5.75 Å². The average molecular weight is 214 g/mol. The largest absolute Gasteiger partial charge is 0.494 e. The lowest BCUT2D eigenvalue weighted by Gasteiger charge is -2.12. The van der Waals surface area contributed by atoms with Crippen molar-refractivity contribution in [2.45, 2.75) is 6.42 Å². The molecule has 15 heavy (non-hydrogen) atoms. The highest BCUT2D eigenvalue weighted by molar-refractivity contribution is 5.31. The highest BCUT2D eigenvalue weighted by Gasteiger charge is 2.13. The third-order valence-electron chi connectivity index (χ3n) is 2.29. The fourth-order valence-electron chi connectivity index (χ4n) is 1.37. The molecule has 0 unspecified atom stereocenters. The van der Waals surface area contributed by atoms with Crippen LogP contribution in [0.25, 0.3) is 0 Å². The van der Waals surface area contributed by atoms with Crippen LogP contribution in [0.3, 0.4) is 0 Å². The summed E-state index contributed by atoms with van der Waals surface area (Å²) in [5.41, 5.74) is 0.447. The second kappa shape index (κ2) is 5.68. The number of benzene rings is 1. The molecule has 0 saturated carbocycles. The summed E-state index contributed by atoms with van der Waals surface area (Å²) in [6.45, 7) is -0.319. The number of ether oxygens (including phenoxy) is 1. The lowest BCUT2D eigenvalue weighted by molar-refractivity contribution is 0.149. The van der Waals surface area contributed by atoms with Crippen LogP contribution >= 0.6 is 0 Å². The van der Waals surface area contributed by atoms with Crippen molar-refractivity contribution in [3.05, 3.63) is 29.6 Å². The Balaban J connectivity index is 2.85. The molecule has 1 rings (SSSR count). The molecule has 0 aliphatic heterocycles. The Morgan fingerprint density at radius 3 is 2.53 bits per heavy atom. The molecule has 0 aliphatic rings. The molecule has 4 heteroatoms. The van der Waals surface area contributed by atoms with Crippen molar-refractivity contribution >= 4 is 0 Å². The summed E-state index contributed by atoms with van der Waals surface area (Å²) in [4.78, 5) is 0. The van der Waals surface area contributed by atoms with E-state index in [1.54, 1.807) is 12.1 Å². The van der Waals surface area contributed by atoms with Crippen LogP contribution in [0.2, 0.25) is 0 Å². The third kappa shape index (κ3) is 2.91. The minimum Gasteiger partial charge on any atom is -0.494 e. The normalized spacial score (nSPS) is 10.7. The average Bonchev–Trinajstić information content (AvgIpc) is 2.28. The molecule has 2 N–H and O–H groups in total. The van der Waals surface area contributed by atoms with Gasteiger partial charge in [-0.1, -0.05) is 12.1 Å². The molecular formula is C11H15FO3. The van der Waals surface area contributed by atoms with Crippen LogP contribution < -0.4 is 4.74 Å². The van der Waals surface area contributed by atoms with Crippen LogP contribution in [-0.2, 0) is 6.42 Å². The molecule has 0 aromatic heterocycles. The van der Waals surface area contributed by atoms with Gasteiger partial charge in [-0.15, -0.1) is 0 Å². The van der Waals surface area contributed by atoms with E-state index in [1.165, 1.54) is 13.2 Å². The maximum atomic E-state index is 13.6. The van der Waals surface area contributed by atoms with Crippen molar-refractivity contribution in [3.8, 4) is 5.75 Å². The van der Waals surface area contributed by atoms with Gasteiger partial charge in [0, 0.05) is 19.1 Å². The van der Waals surface area contributed by atoms with Gasteiger partial charge < -0.3 is 14.9 Å². The summed E-state index contributed by atoms with van der Waals surface area (Å²) >= 11 is 0. The van der Waals surface area contributed by atoms with Gasteiger partial charge in [0.15, 0.2) is 11.6 Å². The lowest BCUT2D eigenvalue weighted by atomic mass is 10.0. The molecule has 0 spiro atoms. The van der Waals surface area contributed by atoms with Crippen LogP contribution in [0.15, 0.2) is 18.2 Å². The van der Waals surface area contributed by atoms with Gasteiger partial charge in [0.25, 0.3) is 0 Å². The van der Waals surface area contributed by atoms with Crippen molar-refractivity contribution in [2.75, 3.05) is 20.3 Å². The van der Waals surface area contributed by atoms with Crippen molar-refractivity contribution < 1.29 is 19.3 Å². The zero-order valence-electron chi connectivity index (χ0n) is 8.61. The zero-order valence-corrected chi connectivity index (χ0v) is 8.61. The molecule has 0 aliphatic carbocycles. The summed E-state index contributed by atoms with van der Waals surface area (Å²) in [7, 11) is 1.40. The Morgan fingerprint density at radius 2 is 2.00 bits per heavy atom. The van der Waals surface area contributed by atoms with Crippen LogP contribution in [0, 0.1) is 11.7 Å². The SMILES string of the molecule is COc1cccc(CC(CO)CO)c1F. The summed E-state index contributed by atoms with van der Waals surface area (Å²) in [5.74, 6) is -0.569. The Labute approximate surface area is 88.1 Å². The summed E-state index contributed by atoms with van der Waals surface area (Å²) in [5, 5.41) is 17.8. The van der Waals surface area contributed by atoms with Gasteiger partial charge in [-0.3, -0.25) is 0 Å². The van der Waals surface area contributed by atoms with Crippen molar-refractivity contribution in [2.24, 2.45) is 5.92 Å². The number of aliphatic hydroxyl groups excluding tert-OH is 2. The summed E-state index contributed by atoms with van der Waals surface area (Å²) in [6, 6.07) is 4.84. The van der Waals surface area contributed by atoms with Crippen molar-refractivity contribution in [3.63, 3.8) is 0 Å². The standard InChI is InChI=1S/C11H15FO3/c1-15-10-4-2-3-9(11(10)12)5-8(6-13)7-14/h2-4,8,13-14H,5-7H2,1H3. The van der Waals surface area contributed by atoms with E-state index in [0.717, 1.165) is 0 Å². The molecule has 84 valence electrons. The van der Waals surface area contributed by atoms with Gasteiger partial charge in [0.05, 0.1) is 7.11 Å². The van der Waals surface area contributed by atoms with Gasteiger partial charge in [0.2, 0.25) is 0 Å². The highest BCUT2D eigenvalue weighted by atomic mass is 19.1. The monoisotopic (exact) mass is 214 g/mol. The summed E-state index contributed by atoms with van der Waals surface area (Å²) < 4.78 is 18.5. The first-order valence-electron chi connectivity index (χ1n) is 4.76. The fraction of sp³-hybridized carbons (Fsp3) is 0.455. The van der Waals surface area contributed by atoms with E-state index in [-0.39, 0.29) is 24.9 Å². The fourth-order valence-corrected chi connectivity index (χ4v) is 1.37. The predicted molar refractivity (Wildman–Crippen MR) is 54.3 cm³/mol. The molecular weight excluding hydrogens is 199 g/mol. The Hall–Kier alpha value is -1.13. The molecule has 0 bridgehead atoms. The molecule has 0 atom stereocenters. The van der Waals surface area contributed by atoms with E-state index in [2.05, 4.69) is 0 Å². The van der Waals surface area contributed by atoms with Gasteiger partial charge >= 0.3 is 0 Å². The summed E-state index contributed by atoms with van der Waals surface area (Å²) in [6.07, 6.45) is 0.302. The number of hydrogen-bond donors (Lipinski definition) is 2. The van der Waals surface area contributed by atoms with E-state index in [9.17, 15) is 4.39 Å². The van der Waals surface area contributed by atoms with Gasteiger partial charge in [-0.25, -0.2) is 4.39 Å². The Bertz CT molecular complexity index is 311. The lowest BCUT2D eigenvalue weighted by Crippen LogP contribution is -2.15. The first-order valence-corrected chi connectivity index (χ1v) is 4.76. The van der Waals surface area contributed by atoms with E-state index in [1.807, 2.05) is 0 Å². The number of halogens is 1. The maximum Gasteiger partial charge on any atom is 0.168 e. The van der Waals surface area contributed by atoms with Gasteiger partial charge in [0.1, 0.15) is 0 Å². The van der Waals surface area contributed by atoms with Crippen LogP contribution in [0.4, 0.5) is 4.39 Å². The minimum absolute atomic E-state index is 0.160. The van der Waals surface area contributed by atoms with Crippen LogP contribution in [-0.4, -0.2) is 30.5 Å². The Kier molecular flexibility index (Phi) is 4.52. The second-order valence-corrected chi connectivity index (χ2v) is 3.37. The van der Waals surface area contributed by atoms with Crippen molar-refractivity contribution in [1.82, 2.24) is 0 Å². The molecule has 1 aromatic carbocycles. The van der Waals surface area contributed by atoms with Gasteiger partial charge in [-0.2, -0.15) is 0 Å². The van der Waals surface area contributed by atoms with E-state index in [4.69, 9.17) is 14.9 Å². The first kappa shape index (κ1) is 11.9. The molecule has 0 saturated heterocycles. The van der Waals surface area contributed by atoms with E-state index in [0.29, 0.717) is 12.0 Å². The van der Waals surface area contributed by atoms with E-state index >= 15 is 0 Å². The van der Waals surface area contributed by atoms with E-state index < -0.39 is 5.82 Å². The third-order valence-corrected chi connectivity index (χ3v) is 2.29. The number of aliphatic hydroxyl groups is 2. The Morgan fingerprint density at radius 1 is 1.33 bits per heavy atom. The molecule has 3 nitrogen and oxygen atoms in total. The number of rotatable bonds is 5. The zero-order chi connectivity index (χ0) is 11.3.